The first-order chi connectivity index (χ1) is 15.6. The molecule has 1 fully saturated rings. The van der Waals surface area contributed by atoms with E-state index in [1.807, 2.05) is 48.5 Å². The molecule has 0 spiro atoms. The number of ether oxygens (including phenoxy) is 1. The Morgan fingerprint density at radius 2 is 1.88 bits per heavy atom. The van der Waals surface area contributed by atoms with Crippen LogP contribution in [-0.4, -0.2) is 24.0 Å². The van der Waals surface area contributed by atoms with E-state index in [1.54, 1.807) is 7.05 Å². The number of aryl methyl sites for hydroxylation is 1. The Balaban J connectivity index is 1.34. The Bertz CT molecular complexity index is 1140. The second-order valence-electron chi connectivity index (χ2n) is 8.65. The van der Waals surface area contributed by atoms with Crippen molar-refractivity contribution in [3.63, 3.8) is 0 Å². The van der Waals surface area contributed by atoms with Crippen molar-refractivity contribution in [3.8, 4) is 16.9 Å². The molecule has 1 aliphatic heterocycles. The molecule has 5 rings (SSSR count). The molecule has 0 saturated heterocycles. The van der Waals surface area contributed by atoms with Gasteiger partial charge in [0.25, 0.3) is 0 Å². The maximum Gasteiger partial charge on any atom is 0.173 e. The molecule has 1 aliphatic carbocycles. The number of fused-ring (bicyclic) bond motifs is 1. The Labute approximate surface area is 192 Å². The topological polar surface area (TPSA) is 61.4 Å². The van der Waals surface area contributed by atoms with Crippen molar-refractivity contribution in [1.29, 1.82) is 0 Å². The molecule has 3 aromatic rings. The number of carbonyl (C=O) groups excluding carboxylic acids is 1. The van der Waals surface area contributed by atoms with Crippen molar-refractivity contribution in [2.24, 2.45) is 0 Å². The summed E-state index contributed by atoms with van der Waals surface area (Å²) in [5.74, 6) is 1.27. The third-order valence-electron chi connectivity index (χ3n) is 6.62. The molecular weight excluding hydrogens is 418 g/mol. The Kier molecular flexibility index (Phi) is 5.80. The van der Waals surface area contributed by atoms with Gasteiger partial charge in [-0.3, -0.25) is 4.79 Å². The summed E-state index contributed by atoms with van der Waals surface area (Å²) in [5, 5.41) is 0. The van der Waals surface area contributed by atoms with Crippen LogP contribution in [0.1, 0.15) is 36.0 Å². The van der Waals surface area contributed by atoms with Crippen molar-refractivity contribution in [2.75, 3.05) is 13.7 Å². The van der Waals surface area contributed by atoms with Crippen LogP contribution in [0.2, 0.25) is 0 Å². The van der Waals surface area contributed by atoms with Crippen molar-refractivity contribution in [2.45, 2.75) is 42.4 Å². The van der Waals surface area contributed by atoms with E-state index in [0.717, 1.165) is 65.2 Å². The van der Waals surface area contributed by atoms with E-state index < -0.39 is 11.4 Å². The highest BCUT2D eigenvalue weighted by molar-refractivity contribution is 7.89. The Hall–Kier alpha value is -2.60. The van der Waals surface area contributed by atoms with Crippen LogP contribution in [-0.2, 0) is 34.4 Å². The first-order valence-electron chi connectivity index (χ1n) is 11.2. The molecular formula is C27H27NO3S. The highest BCUT2D eigenvalue weighted by Crippen LogP contribution is 2.50. The van der Waals surface area contributed by atoms with E-state index >= 15 is 0 Å². The SMILES string of the molecule is CN[S+]([O-])c1ccc(-c2cccc(CC(=O)C3(c4ccc5c(c4)CCCO5)CC3)c2)cc1. The maximum atomic E-state index is 13.4. The van der Waals surface area contributed by atoms with Gasteiger partial charge in [-0.25, -0.2) is 0 Å². The summed E-state index contributed by atoms with van der Waals surface area (Å²) in [5.41, 5.74) is 5.19. The molecule has 5 heteroatoms. The van der Waals surface area contributed by atoms with E-state index in [1.165, 1.54) is 5.56 Å². The second kappa shape index (κ2) is 8.74. The minimum absolute atomic E-state index is 0.297. The highest BCUT2D eigenvalue weighted by Gasteiger charge is 2.50. The Morgan fingerprint density at radius 3 is 2.62 bits per heavy atom. The lowest BCUT2D eigenvalue weighted by Gasteiger charge is -2.21. The van der Waals surface area contributed by atoms with Crippen molar-refractivity contribution >= 4 is 17.1 Å². The number of ketones is 1. The lowest BCUT2D eigenvalue weighted by molar-refractivity contribution is -0.120. The smallest absolute Gasteiger partial charge is 0.173 e. The van der Waals surface area contributed by atoms with Crippen LogP contribution in [0.5, 0.6) is 5.75 Å². The van der Waals surface area contributed by atoms with E-state index in [0.29, 0.717) is 12.2 Å². The summed E-state index contributed by atoms with van der Waals surface area (Å²) >= 11 is -1.19. The fourth-order valence-corrected chi connectivity index (χ4v) is 5.23. The minimum atomic E-state index is -1.19. The fourth-order valence-electron chi connectivity index (χ4n) is 4.62. The number of hydrogen-bond donors (Lipinski definition) is 1. The molecule has 1 saturated carbocycles. The minimum Gasteiger partial charge on any atom is -0.593 e. The summed E-state index contributed by atoms with van der Waals surface area (Å²) in [6.45, 7) is 0.781. The summed E-state index contributed by atoms with van der Waals surface area (Å²) in [6, 6.07) is 22.2. The molecule has 3 aromatic carbocycles. The Morgan fingerprint density at radius 1 is 1.06 bits per heavy atom. The number of benzene rings is 3. The van der Waals surface area contributed by atoms with Crippen LogP contribution in [0.25, 0.3) is 11.1 Å². The molecule has 0 aromatic heterocycles. The zero-order valence-electron chi connectivity index (χ0n) is 18.2. The lowest BCUT2D eigenvalue weighted by atomic mass is 9.86. The number of hydrogen-bond acceptors (Lipinski definition) is 4. The molecule has 4 nitrogen and oxygen atoms in total. The average Bonchev–Trinajstić information content (AvgIpc) is 3.66. The van der Waals surface area contributed by atoms with Gasteiger partial charge in [-0.15, -0.1) is 4.72 Å². The fraction of sp³-hybridized carbons (Fsp3) is 0.296. The maximum absolute atomic E-state index is 13.4. The summed E-state index contributed by atoms with van der Waals surface area (Å²) < 4.78 is 20.4. The van der Waals surface area contributed by atoms with Gasteiger partial charge in [-0.1, -0.05) is 36.4 Å². The van der Waals surface area contributed by atoms with Gasteiger partial charge in [-0.2, -0.15) is 0 Å². The summed E-state index contributed by atoms with van der Waals surface area (Å²) in [4.78, 5) is 14.1. The van der Waals surface area contributed by atoms with Gasteiger partial charge in [-0.05, 0) is 83.8 Å². The molecule has 0 radical (unpaired) electrons. The summed E-state index contributed by atoms with van der Waals surface area (Å²) in [6.07, 6.45) is 4.35. The first kappa shape index (κ1) is 21.3. The predicted molar refractivity (Wildman–Crippen MR) is 127 cm³/mol. The van der Waals surface area contributed by atoms with Gasteiger partial charge >= 0.3 is 0 Å². The number of Topliss-reactive ketones (excluding diaryl/α,β-unsaturated/α-hetero) is 1. The normalized spacial score (nSPS) is 17.2. The molecule has 1 heterocycles. The monoisotopic (exact) mass is 445 g/mol. The van der Waals surface area contributed by atoms with Gasteiger partial charge in [0.1, 0.15) is 11.5 Å². The van der Waals surface area contributed by atoms with Crippen LogP contribution < -0.4 is 9.46 Å². The highest BCUT2D eigenvalue weighted by atomic mass is 32.2. The van der Waals surface area contributed by atoms with Crippen LogP contribution >= 0.6 is 0 Å². The van der Waals surface area contributed by atoms with Crippen LogP contribution in [0.3, 0.4) is 0 Å². The van der Waals surface area contributed by atoms with E-state index in [-0.39, 0.29) is 5.41 Å². The second-order valence-corrected chi connectivity index (χ2v) is 10.1. The largest absolute Gasteiger partial charge is 0.593 e. The lowest BCUT2D eigenvalue weighted by Crippen LogP contribution is -2.23. The van der Waals surface area contributed by atoms with Crippen molar-refractivity contribution < 1.29 is 14.1 Å². The molecule has 1 N–H and O–H groups in total. The molecule has 0 bridgehead atoms. The predicted octanol–water partition coefficient (Wildman–Crippen LogP) is 4.76. The molecule has 0 amide bonds. The van der Waals surface area contributed by atoms with Crippen molar-refractivity contribution in [3.05, 3.63) is 83.4 Å². The molecule has 32 heavy (non-hydrogen) atoms. The average molecular weight is 446 g/mol. The third kappa shape index (κ3) is 4.08. The van der Waals surface area contributed by atoms with Crippen molar-refractivity contribution in [1.82, 2.24) is 4.72 Å². The standard InChI is InChI=1S/C27H27NO3S/c1-28-32(30)24-10-7-20(8-11-24)21-5-2-4-19(16-21)17-26(29)27(13-14-27)23-9-12-25-22(18-23)6-3-15-31-25/h2,4-5,7-12,16,18,28H,3,6,13-15,17H2,1H3. The molecule has 1 unspecified atom stereocenters. The number of carbonyl (C=O) groups is 1. The third-order valence-corrected chi connectivity index (χ3v) is 7.69. The van der Waals surface area contributed by atoms with E-state index in [9.17, 15) is 9.35 Å². The van der Waals surface area contributed by atoms with E-state index in [4.69, 9.17) is 4.74 Å². The van der Waals surface area contributed by atoms with Crippen LogP contribution in [0.15, 0.2) is 71.6 Å². The zero-order chi connectivity index (χ0) is 22.1. The van der Waals surface area contributed by atoms with Crippen LogP contribution in [0.4, 0.5) is 0 Å². The first-order valence-corrected chi connectivity index (χ1v) is 12.3. The van der Waals surface area contributed by atoms with Gasteiger partial charge < -0.3 is 9.29 Å². The van der Waals surface area contributed by atoms with Gasteiger partial charge in [0.05, 0.1) is 23.4 Å². The van der Waals surface area contributed by atoms with Crippen LogP contribution in [0, 0.1) is 0 Å². The van der Waals surface area contributed by atoms with E-state index in [2.05, 4.69) is 22.9 Å². The molecule has 2 aliphatic rings. The van der Waals surface area contributed by atoms with Gasteiger partial charge in [0, 0.05) is 13.5 Å². The molecule has 164 valence electrons. The van der Waals surface area contributed by atoms with Gasteiger partial charge in [0.15, 0.2) is 4.90 Å². The number of nitrogens with one attached hydrogen (secondary N) is 1. The summed E-state index contributed by atoms with van der Waals surface area (Å²) in [7, 11) is 1.68. The van der Waals surface area contributed by atoms with Gasteiger partial charge in [0.2, 0.25) is 0 Å². The quantitative estimate of drug-likeness (QED) is 0.533. The zero-order valence-corrected chi connectivity index (χ0v) is 19.0. The molecule has 1 atom stereocenters. The number of rotatable bonds is 7.